The quantitative estimate of drug-likeness (QED) is 0.725. The molecule has 5 heteroatoms. The Labute approximate surface area is 85.7 Å². The van der Waals surface area contributed by atoms with Crippen LogP contribution >= 0.6 is 0 Å². The summed E-state index contributed by atoms with van der Waals surface area (Å²) in [6.07, 6.45) is 2.50. The molecular weight excluding hydrogens is 202 g/mol. The van der Waals surface area contributed by atoms with E-state index in [-0.39, 0.29) is 23.7 Å². The van der Waals surface area contributed by atoms with E-state index < -0.39 is 9.84 Å². The summed E-state index contributed by atoms with van der Waals surface area (Å²) in [5.41, 5.74) is 5.27. The summed E-state index contributed by atoms with van der Waals surface area (Å²) in [4.78, 5) is 0. The Hall–Kier alpha value is -0.130. The molecule has 84 valence electrons. The van der Waals surface area contributed by atoms with E-state index in [4.69, 9.17) is 10.5 Å². The van der Waals surface area contributed by atoms with Gasteiger partial charge in [0.15, 0.2) is 9.84 Å². The topological polar surface area (TPSA) is 69.4 Å². The molecule has 14 heavy (non-hydrogen) atoms. The molecule has 2 unspecified atom stereocenters. The fourth-order valence-electron chi connectivity index (χ4n) is 1.68. The molecule has 0 amide bonds. The van der Waals surface area contributed by atoms with Crippen molar-refractivity contribution in [2.24, 2.45) is 5.73 Å². The van der Waals surface area contributed by atoms with Crippen molar-refractivity contribution in [1.82, 2.24) is 0 Å². The number of hydrogen-bond acceptors (Lipinski definition) is 4. The zero-order valence-corrected chi connectivity index (χ0v) is 9.42. The summed E-state index contributed by atoms with van der Waals surface area (Å²) in [6, 6.07) is 0. The molecule has 0 aromatic heterocycles. The van der Waals surface area contributed by atoms with E-state index in [1.54, 1.807) is 0 Å². The molecule has 1 fully saturated rings. The van der Waals surface area contributed by atoms with Crippen molar-refractivity contribution < 1.29 is 13.2 Å². The number of sulfone groups is 1. The van der Waals surface area contributed by atoms with Crippen LogP contribution in [0, 0.1) is 0 Å². The minimum atomic E-state index is -2.96. The van der Waals surface area contributed by atoms with E-state index in [0.717, 1.165) is 12.8 Å². The number of rotatable bonds is 5. The van der Waals surface area contributed by atoms with E-state index in [0.29, 0.717) is 13.0 Å². The Bertz CT molecular complexity index is 263. The number of ether oxygens (including phenoxy) is 1. The highest BCUT2D eigenvalue weighted by molar-refractivity contribution is 7.91. The highest BCUT2D eigenvalue weighted by atomic mass is 32.2. The van der Waals surface area contributed by atoms with Gasteiger partial charge in [-0.2, -0.15) is 0 Å². The Morgan fingerprint density at radius 2 is 2.14 bits per heavy atom. The van der Waals surface area contributed by atoms with Crippen LogP contribution in [0.1, 0.15) is 26.2 Å². The lowest BCUT2D eigenvalue weighted by atomic mass is 10.2. The molecular formula is C9H19NO3S. The monoisotopic (exact) mass is 221 g/mol. The van der Waals surface area contributed by atoms with Gasteiger partial charge in [0, 0.05) is 0 Å². The fraction of sp³-hybridized carbons (Fsp3) is 1.00. The lowest BCUT2D eigenvalue weighted by Gasteiger charge is -2.11. The van der Waals surface area contributed by atoms with Crippen LogP contribution in [0.2, 0.25) is 0 Å². The standard InChI is InChI=1S/C9H19NO3S/c1-8-3-4-9(13-8)7-14(11,12)6-2-5-10/h8-9H,2-7,10H2,1H3. The molecule has 0 radical (unpaired) electrons. The largest absolute Gasteiger partial charge is 0.374 e. The molecule has 4 nitrogen and oxygen atoms in total. The molecule has 2 N–H and O–H groups in total. The lowest BCUT2D eigenvalue weighted by molar-refractivity contribution is 0.0690. The summed E-state index contributed by atoms with van der Waals surface area (Å²) < 4.78 is 28.5. The van der Waals surface area contributed by atoms with Crippen LogP contribution in [0.3, 0.4) is 0 Å². The second-order valence-corrected chi connectivity index (χ2v) is 6.13. The van der Waals surface area contributed by atoms with E-state index in [1.807, 2.05) is 6.92 Å². The SMILES string of the molecule is CC1CCC(CS(=O)(=O)CCCN)O1. The van der Waals surface area contributed by atoms with E-state index in [2.05, 4.69) is 0 Å². The van der Waals surface area contributed by atoms with Gasteiger partial charge in [-0.05, 0) is 32.7 Å². The molecule has 0 aromatic rings. The first-order valence-electron chi connectivity index (χ1n) is 5.09. The maximum absolute atomic E-state index is 11.5. The van der Waals surface area contributed by atoms with Gasteiger partial charge in [0.1, 0.15) is 0 Å². The molecule has 0 spiro atoms. The molecule has 0 aromatic carbocycles. The fourth-order valence-corrected chi connectivity index (χ4v) is 3.26. The van der Waals surface area contributed by atoms with Gasteiger partial charge in [0.2, 0.25) is 0 Å². The molecule has 1 aliphatic rings. The summed E-state index contributed by atoms with van der Waals surface area (Å²) in [6.45, 7) is 2.41. The van der Waals surface area contributed by atoms with Gasteiger partial charge in [0.05, 0.1) is 23.7 Å². The minimum Gasteiger partial charge on any atom is -0.374 e. The second kappa shape index (κ2) is 5.09. The average molecular weight is 221 g/mol. The number of nitrogens with two attached hydrogens (primary N) is 1. The smallest absolute Gasteiger partial charge is 0.152 e. The highest BCUT2D eigenvalue weighted by Crippen LogP contribution is 2.20. The second-order valence-electron chi connectivity index (χ2n) is 3.90. The van der Waals surface area contributed by atoms with Crippen molar-refractivity contribution in [2.75, 3.05) is 18.1 Å². The molecule has 1 saturated heterocycles. The minimum absolute atomic E-state index is 0.0900. The summed E-state index contributed by atoms with van der Waals surface area (Å²) in [7, 11) is -2.96. The Balaban J connectivity index is 2.35. The zero-order valence-electron chi connectivity index (χ0n) is 8.61. The van der Waals surface area contributed by atoms with Crippen molar-refractivity contribution in [3.63, 3.8) is 0 Å². The van der Waals surface area contributed by atoms with Gasteiger partial charge in [0.25, 0.3) is 0 Å². The van der Waals surface area contributed by atoms with Gasteiger partial charge in [-0.15, -0.1) is 0 Å². The normalized spacial score (nSPS) is 28.1. The van der Waals surface area contributed by atoms with Crippen LogP contribution in [-0.4, -0.2) is 38.7 Å². The predicted molar refractivity (Wildman–Crippen MR) is 55.9 cm³/mol. The third kappa shape index (κ3) is 3.94. The maximum Gasteiger partial charge on any atom is 0.152 e. The van der Waals surface area contributed by atoms with Gasteiger partial charge < -0.3 is 10.5 Å². The summed E-state index contributed by atoms with van der Waals surface area (Å²) in [5, 5.41) is 0. The van der Waals surface area contributed by atoms with Crippen LogP contribution in [0.5, 0.6) is 0 Å². The lowest BCUT2D eigenvalue weighted by Crippen LogP contribution is -2.24. The van der Waals surface area contributed by atoms with Crippen LogP contribution in [-0.2, 0) is 14.6 Å². The van der Waals surface area contributed by atoms with E-state index in [9.17, 15) is 8.42 Å². The van der Waals surface area contributed by atoms with Crippen molar-refractivity contribution in [1.29, 1.82) is 0 Å². The molecule has 1 heterocycles. The first-order chi connectivity index (χ1) is 6.53. The highest BCUT2D eigenvalue weighted by Gasteiger charge is 2.26. The third-order valence-electron chi connectivity index (χ3n) is 2.42. The molecule has 0 saturated carbocycles. The first-order valence-corrected chi connectivity index (χ1v) is 6.91. The van der Waals surface area contributed by atoms with Crippen molar-refractivity contribution in [2.45, 2.75) is 38.4 Å². The van der Waals surface area contributed by atoms with Crippen LogP contribution < -0.4 is 5.73 Å². The molecule has 2 atom stereocenters. The predicted octanol–water partition coefficient (Wildman–Crippen LogP) is 0.318. The van der Waals surface area contributed by atoms with Crippen molar-refractivity contribution in [3.05, 3.63) is 0 Å². The van der Waals surface area contributed by atoms with Gasteiger partial charge in [-0.1, -0.05) is 0 Å². The van der Waals surface area contributed by atoms with Gasteiger partial charge in [-0.3, -0.25) is 0 Å². The van der Waals surface area contributed by atoms with Gasteiger partial charge >= 0.3 is 0 Å². The summed E-state index contributed by atoms with van der Waals surface area (Å²) in [5.74, 6) is 0.356. The van der Waals surface area contributed by atoms with Crippen LogP contribution in [0.25, 0.3) is 0 Å². The Morgan fingerprint density at radius 1 is 1.43 bits per heavy atom. The van der Waals surface area contributed by atoms with Crippen molar-refractivity contribution in [3.8, 4) is 0 Å². The Kier molecular flexibility index (Phi) is 4.34. The van der Waals surface area contributed by atoms with Crippen LogP contribution in [0.15, 0.2) is 0 Å². The number of hydrogen-bond donors (Lipinski definition) is 1. The van der Waals surface area contributed by atoms with Gasteiger partial charge in [-0.25, -0.2) is 8.42 Å². The first kappa shape index (κ1) is 11.9. The molecule has 1 rings (SSSR count). The molecule has 1 aliphatic heterocycles. The molecule has 0 aliphatic carbocycles. The average Bonchev–Trinajstić information content (AvgIpc) is 2.47. The van der Waals surface area contributed by atoms with Crippen LogP contribution in [0.4, 0.5) is 0 Å². The Morgan fingerprint density at radius 3 is 2.64 bits per heavy atom. The third-order valence-corrected chi connectivity index (χ3v) is 4.21. The molecule has 0 bridgehead atoms. The summed E-state index contributed by atoms with van der Waals surface area (Å²) >= 11 is 0. The van der Waals surface area contributed by atoms with E-state index >= 15 is 0 Å². The zero-order chi connectivity index (χ0) is 10.6. The van der Waals surface area contributed by atoms with E-state index in [1.165, 1.54) is 0 Å². The maximum atomic E-state index is 11.5. The van der Waals surface area contributed by atoms with Crippen molar-refractivity contribution >= 4 is 9.84 Å².